The smallest absolute Gasteiger partial charge is 0.267 e. The van der Waals surface area contributed by atoms with E-state index in [1.54, 1.807) is 30.9 Å². The fourth-order valence-electron chi connectivity index (χ4n) is 5.29. The van der Waals surface area contributed by atoms with Crippen molar-refractivity contribution in [2.45, 2.75) is 90.4 Å². The maximum absolute atomic E-state index is 14.2. The van der Waals surface area contributed by atoms with Gasteiger partial charge in [0.15, 0.2) is 10.7 Å². The minimum atomic E-state index is -4.04. The Kier molecular flexibility index (Phi) is 12.2. The van der Waals surface area contributed by atoms with Gasteiger partial charge in [-0.15, -0.1) is 0 Å². The van der Waals surface area contributed by atoms with Gasteiger partial charge in [0.1, 0.15) is 11.4 Å². The molecular formula is C30H48N4O7S. The normalized spacial score (nSPS) is 21.9. The predicted molar refractivity (Wildman–Crippen MR) is 161 cm³/mol. The summed E-state index contributed by atoms with van der Waals surface area (Å²) in [6, 6.07) is 4.21. The molecule has 1 aromatic heterocycles. The summed E-state index contributed by atoms with van der Waals surface area (Å²) >= 11 is 0. The molecule has 11 nitrogen and oxygen atoms in total. The largest absolute Gasteiger partial charge is 0.490 e. The van der Waals surface area contributed by atoms with Crippen molar-refractivity contribution >= 4 is 21.6 Å². The van der Waals surface area contributed by atoms with Crippen molar-refractivity contribution in [2.24, 2.45) is 5.92 Å². The first-order valence-electron chi connectivity index (χ1n) is 14.9. The van der Waals surface area contributed by atoms with E-state index in [1.807, 2.05) is 6.92 Å². The van der Waals surface area contributed by atoms with Crippen LogP contribution in [0.25, 0.3) is 0 Å². The van der Waals surface area contributed by atoms with Gasteiger partial charge in [0.25, 0.3) is 15.9 Å². The number of ether oxygens (including phenoxy) is 2. The number of carbonyl (C=O) groups excluding carboxylic acids is 1. The first-order valence-corrected chi connectivity index (χ1v) is 16.3. The van der Waals surface area contributed by atoms with Crippen molar-refractivity contribution in [3.8, 4) is 5.75 Å². The maximum Gasteiger partial charge on any atom is 0.267 e. The highest BCUT2D eigenvalue weighted by Gasteiger charge is 2.31. The van der Waals surface area contributed by atoms with Crippen LogP contribution >= 0.6 is 0 Å². The van der Waals surface area contributed by atoms with E-state index in [-0.39, 0.29) is 58.2 Å². The molecule has 2 N–H and O–H groups in total. The number of nitrogens with zero attached hydrogens (tertiary/aromatic N) is 3. The molecular weight excluding hydrogens is 560 g/mol. The van der Waals surface area contributed by atoms with Crippen LogP contribution in [-0.2, 0) is 14.8 Å². The van der Waals surface area contributed by atoms with Gasteiger partial charge in [-0.2, -0.15) is 0 Å². The standard InChI is InChI=1S/C30H48N4O7S/c1-8-14-33(7)18-28-20(2)17-34(21(3)19-35)30(36)26-16-25(32-42(37,38)29-23(5)31-41-24(29)6)12-13-27(26)40-22(4)11-9-10-15-39-28/h12-13,16,20-22,28,32,35H,8-11,14-15,17-19H2,1-7H3/t20-,21+,22-,28-/m1/s1. The van der Waals surface area contributed by atoms with Gasteiger partial charge in [0.05, 0.1) is 30.4 Å². The molecule has 0 radical (unpaired) electrons. The first-order chi connectivity index (χ1) is 19.9. The summed E-state index contributed by atoms with van der Waals surface area (Å²) in [5, 5.41) is 13.9. The summed E-state index contributed by atoms with van der Waals surface area (Å²) in [4.78, 5) is 18.1. The lowest BCUT2D eigenvalue weighted by molar-refractivity contribution is -0.0167. The van der Waals surface area contributed by atoms with Gasteiger partial charge in [-0.1, -0.05) is 19.0 Å². The number of likely N-dealkylation sites (N-methyl/N-ethyl adjacent to an activating group) is 1. The second kappa shape index (κ2) is 15.2. The molecule has 3 rings (SSSR count). The molecule has 1 aromatic carbocycles. The molecule has 2 aromatic rings. The number of sulfonamides is 1. The van der Waals surface area contributed by atoms with Crippen LogP contribution in [0.1, 0.15) is 75.2 Å². The second-order valence-corrected chi connectivity index (χ2v) is 13.2. The average Bonchev–Trinajstić information content (AvgIpc) is 3.28. The Hall–Kier alpha value is -2.67. The van der Waals surface area contributed by atoms with Crippen molar-refractivity contribution in [1.29, 1.82) is 0 Å². The Morgan fingerprint density at radius 2 is 1.98 bits per heavy atom. The number of carbonyl (C=O) groups is 1. The van der Waals surface area contributed by atoms with E-state index < -0.39 is 16.1 Å². The number of nitrogens with one attached hydrogen (secondary N) is 1. The predicted octanol–water partition coefficient (Wildman–Crippen LogP) is 4.23. The van der Waals surface area contributed by atoms with Gasteiger partial charge < -0.3 is 28.9 Å². The average molecular weight is 609 g/mol. The number of benzene rings is 1. The zero-order valence-electron chi connectivity index (χ0n) is 26.1. The molecule has 2 heterocycles. The Morgan fingerprint density at radius 3 is 2.62 bits per heavy atom. The number of aryl methyl sites for hydroxylation is 2. The van der Waals surface area contributed by atoms with Gasteiger partial charge in [-0.3, -0.25) is 9.52 Å². The zero-order valence-corrected chi connectivity index (χ0v) is 26.9. The highest BCUT2D eigenvalue weighted by molar-refractivity contribution is 7.92. The number of fused-ring (bicyclic) bond motifs is 1. The lowest BCUT2D eigenvalue weighted by Gasteiger charge is -2.35. The van der Waals surface area contributed by atoms with Crippen molar-refractivity contribution < 1.29 is 32.3 Å². The van der Waals surface area contributed by atoms with Crippen LogP contribution in [0.2, 0.25) is 0 Å². The molecule has 42 heavy (non-hydrogen) atoms. The third kappa shape index (κ3) is 8.68. The van der Waals surface area contributed by atoms with Crippen LogP contribution in [0, 0.1) is 19.8 Å². The zero-order chi connectivity index (χ0) is 31.0. The quantitative estimate of drug-likeness (QED) is 0.429. The van der Waals surface area contributed by atoms with Gasteiger partial charge >= 0.3 is 0 Å². The Balaban J connectivity index is 2.02. The van der Waals surface area contributed by atoms with Crippen molar-refractivity contribution in [3.63, 3.8) is 0 Å². The fourth-order valence-corrected chi connectivity index (χ4v) is 6.67. The molecule has 0 spiro atoms. The van der Waals surface area contributed by atoms with Crippen molar-refractivity contribution in [3.05, 3.63) is 35.2 Å². The maximum atomic E-state index is 14.2. The van der Waals surface area contributed by atoms with E-state index in [1.165, 1.54) is 13.0 Å². The molecule has 0 aliphatic carbocycles. The molecule has 12 heteroatoms. The first kappa shape index (κ1) is 33.8. The third-order valence-electron chi connectivity index (χ3n) is 7.64. The van der Waals surface area contributed by atoms with Gasteiger partial charge in [-0.25, -0.2) is 8.42 Å². The second-order valence-electron chi connectivity index (χ2n) is 11.5. The monoisotopic (exact) mass is 608 g/mol. The van der Waals surface area contributed by atoms with Crippen LogP contribution in [0.5, 0.6) is 5.75 Å². The topological polar surface area (TPSA) is 134 Å². The summed E-state index contributed by atoms with van der Waals surface area (Å²) in [6.07, 6.45) is 3.30. The minimum absolute atomic E-state index is 0.0327. The van der Waals surface area contributed by atoms with Gasteiger partial charge in [0.2, 0.25) is 0 Å². The summed E-state index contributed by atoms with van der Waals surface area (Å²) in [5.41, 5.74) is 0.655. The number of rotatable bonds is 9. The van der Waals surface area contributed by atoms with E-state index in [0.717, 1.165) is 38.8 Å². The third-order valence-corrected chi connectivity index (χ3v) is 9.26. The van der Waals surface area contributed by atoms with Crippen LogP contribution in [0.15, 0.2) is 27.6 Å². The summed E-state index contributed by atoms with van der Waals surface area (Å²) in [7, 11) is -1.96. The van der Waals surface area contributed by atoms with Crippen LogP contribution < -0.4 is 9.46 Å². The van der Waals surface area contributed by atoms with Crippen molar-refractivity contribution in [1.82, 2.24) is 15.0 Å². The Bertz CT molecular complexity index is 1260. The van der Waals surface area contributed by atoms with Crippen molar-refractivity contribution in [2.75, 3.05) is 44.6 Å². The Labute approximate surface area is 250 Å². The molecule has 0 saturated heterocycles. The summed E-state index contributed by atoms with van der Waals surface area (Å²) in [6.45, 7) is 13.4. The number of aliphatic hydroxyl groups excluding tert-OH is 1. The van der Waals surface area contributed by atoms with E-state index in [2.05, 4.69) is 35.7 Å². The van der Waals surface area contributed by atoms with Crippen LogP contribution in [-0.4, -0.2) is 92.5 Å². The molecule has 1 aliphatic rings. The molecule has 0 bridgehead atoms. The van der Waals surface area contributed by atoms with E-state index in [4.69, 9.17) is 14.0 Å². The molecule has 0 saturated carbocycles. The number of amides is 1. The van der Waals surface area contributed by atoms with E-state index in [0.29, 0.717) is 18.9 Å². The number of aliphatic hydroxyl groups is 1. The molecule has 1 amide bonds. The van der Waals surface area contributed by atoms with Gasteiger partial charge in [0, 0.05) is 31.3 Å². The molecule has 1 aliphatic heterocycles. The summed E-state index contributed by atoms with van der Waals surface area (Å²) < 4.78 is 46.7. The number of anilines is 1. The SMILES string of the molecule is CCCN(C)C[C@H]1OCCCC[C@@H](C)Oc2ccc(NS(=O)(=O)c3c(C)noc3C)cc2C(=O)N([C@@H](C)CO)C[C@H]1C. The molecule has 0 unspecified atom stereocenters. The van der Waals surface area contributed by atoms with E-state index >= 15 is 0 Å². The lowest BCUT2D eigenvalue weighted by atomic mass is 10.0. The molecule has 0 fully saturated rings. The van der Waals surface area contributed by atoms with E-state index in [9.17, 15) is 18.3 Å². The summed E-state index contributed by atoms with van der Waals surface area (Å²) in [5.74, 6) is 0.143. The van der Waals surface area contributed by atoms with Gasteiger partial charge in [-0.05, 0) is 85.2 Å². The minimum Gasteiger partial charge on any atom is -0.490 e. The Morgan fingerprint density at radius 1 is 1.24 bits per heavy atom. The number of hydrogen-bond acceptors (Lipinski definition) is 9. The number of aromatic nitrogens is 1. The lowest BCUT2D eigenvalue weighted by Crippen LogP contribution is -2.47. The van der Waals surface area contributed by atoms with Crippen LogP contribution in [0.4, 0.5) is 5.69 Å². The molecule has 4 atom stereocenters. The highest BCUT2D eigenvalue weighted by atomic mass is 32.2. The fraction of sp³-hybridized carbons (Fsp3) is 0.667. The highest BCUT2D eigenvalue weighted by Crippen LogP contribution is 2.30. The van der Waals surface area contributed by atoms with Crippen LogP contribution in [0.3, 0.4) is 0 Å². The molecule has 236 valence electrons. The number of hydrogen-bond donors (Lipinski definition) is 2.